The van der Waals surface area contributed by atoms with Crippen LogP contribution >= 0.6 is 0 Å². The molecule has 0 aliphatic rings. The maximum Gasteiger partial charge on any atom is 4.00 e. The van der Waals surface area contributed by atoms with Crippen molar-refractivity contribution in [2.45, 2.75) is 104 Å². The van der Waals surface area contributed by atoms with Crippen LogP contribution in [0.5, 0.6) is 0 Å². The van der Waals surface area contributed by atoms with Crippen LogP contribution in [-0.2, 0) is 52.4 Å². The molecule has 1 N–H and O–H groups in total. The van der Waals surface area contributed by atoms with Crippen LogP contribution in [0, 0.1) is 0 Å². The summed E-state index contributed by atoms with van der Waals surface area (Å²) in [5, 5.41) is 74.6. The summed E-state index contributed by atoms with van der Waals surface area (Å²) in [7, 11) is 30.7. The summed E-state index contributed by atoms with van der Waals surface area (Å²) in [5.74, 6) is 0. The Kier molecular flexibility index (Phi) is 67.9. The summed E-state index contributed by atoms with van der Waals surface area (Å²) < 4.78 is 0. The largest absolute Gasteiger partial charge is 4.00 e. The van der Waals surface area contributed by atoms with Gasteiger partial charge in [-0.2, -0.15) is 0 Å². The molecule has 352 valence electrons. The van der Waals surface area contributed by atoms with E-state index in [0.29, 0.717) is 52.4 Å². The van der Waals surface area contributed by atoms with Gasteiger partial charge in [-0.1, -0.05) is 62.3 Å². The first-order valence-corrected chi connectivity index (χ1v) is 19.0. The van der Waals surface area contributed by atoms with E-state index in [4.69, 9.17) is 0 Å². The van der Waals surface area contributed by atoms with E-state index in [2.05, 4.69) is 0 Å². The van der Waals surface area contributed by atoms with Crippen LogP contribution in [-0.4, -0.2) is 251 Å². The summed E-state index contributed by atoms with van der Waals surface area (Å²) in [5.41, 5.74) is -2.25. The minimum Gasteiger partial charge on any atom is -0.870 e. The Bertz CT molecular complexity index is 596. The van der Waals surface area contributed by atoms with Crippen molar-refractivity contribution in [1.82, 2.24) is 39.2 Å². The van der Waals surface area contributed by atoms with Crippen molar-refractivity contribution in [3.63, 3.8) is 0 Å². The average Bonchev–Trinajstić information content (AvgIpc) is 2.77. The first kappa shape index (κ1) is 82.8. The topological polar surface area (TPSA) is 217 Å². The molecular weight excluding hydrogens is 903 g/mol. The molecule has 0 aliphatic heterocycles. The maximum absolute atomic E-state index is 11.1. The second-order valence-corrected chi connectivity index (χ2v) is 18.9. The van der Waals surface area contributed by atoms with Crippen LogP contribution in [0.1, 0.15) is 62.3 Å². The zero-order valence-electron chi connectivity index (χ0n) is 42.3. The van der Waals surface area contributed by atoms with Crippen molar-refractivity contribution >= 4 is 0 Å². The average molecular weight is 1000 g/mol. The number of hydrogen-bond acceptors (Lipinski definition) is 16. The molecule has 0 aromatic carbocycles. The summed E-state index contributed by atoms with van der Waals surface area (Å²) in [4.78, 5) is 15.3. The molecule has 18 heteroatoms. The Hall–Kier alpha value is 1.13. The fourth-order valence-electron chi connectivity index (χ4n) is 3.49. The molecule has 0 spiro atoms. The molecule has 0 atom stereocenters. The van der Waals surface area contributed by atoms with Crippen molar-refractivity contribution in [3.8, 4) is 0 Å². The van der Waals surface area contributed by atoms with Crippen LogP contribution in [0.25, 0.3) is 0 Å². The zero-order valence-corrected chi connectivity index (χ0v) is 47.3. The Morgan fingerprint density at radius 1 is 0.276 bits per heavy atom. The Morgan fingerprint density at radius 2 is 0.328 bits per heavy atom. The fourth-order valence-corrected chi connectivity index (χ4v) is 3.49. The molecule has 0 unspecified atom stereocenters. The van der Waals surface area contributed by atoms with Gasteiger partial charge in [-0.05, 0) is 165 Å². The molecule has 0 saturated carbocycles. The second kappa shape index (κ2) is 47.6. The molecule has 0 aliphatic carbocycles. The van der Waals surface area contributed by atoms with Gasteiger partial charge in [0, 0.05) is 0 Å². The molecule has 0 saturated heterocycles. The third kappa shape index (κ3) is 164. The second-order valence-electron chi connectivity index (χ2n) is 18.9. The Morgan fingerprint density at radius 3 is 0.362 bits per heavy atom. The first-order valence-electron chi connectivity index (χ1n) is 19.0. The van der Waals surface area contributed by atoms with E-state index < -0.39 is 41.2 Å². The van der Waals surface area contributed by atoms with Gasteiger partial charge < -0.3 is 80.4 Å². The minimum absolute atomic E-state index is 0. The zero-order chi connectivity index (χ0) is 46.1. The predicted octanol–water partition coefficient (Wildman–Crippen LogP) is -4.39. The summed E-state index contributed by atoms with van der Waals surface area (Å²) >= 11 is 0. The van der Waals surface area contributed by atoms with E-state index in [9.17, 15) is 35.7 Å². The van der Waals surface area contributed by atoms with Gasteiger partial charge in [-0.15, -0.1) is 41.2 Å². The van der Waals surface area contributed by atoms with Gasteiger partial charge in [0.05, 0.1) is 0 Å². The maximum atomic E-state index is 11.1. The van der Waals surface area contributed by atoms with Gasteiger partial charge in [0.1, 0.15) is 0 Å². The molecule has 0 radical (unpaired) electrons. The Labute approximate surface area is 399 Å². The quantitative estimate of drug-likeness (QED) is 0.143. The molecule has 0 heterocycles. The predicted molar refractivity (Wildman–Crippen MR) is 225 cm³/mol. The molecule has 0 rings (SSSR count). The summed E-state index contributed by atoms with van der Waals surface area (Å²) in [6.07, 6.45) is -1.93. The van der Waals surface area contributed by atoms with Gasteiger partial charge in [-0.3, -0.25) is 0 Å². The van der Waals surface area contributed by atoms with Crippen LogP contribution in [0.4, 0.5) is 0 Å². The monoisotopic (exact) mass is 997 g/mol. The summed E-state index contributed by atoms with van der Waals surface area (Å²) in [6.45, 7) is 19.7. The van der Waals surface area contributed by atoms with E-state index in [1.165, 1.54) is 0 Å². The van der Waals surface area contributed by atoms with Crippen molar-refractivity contribution in [2.75, 3.05) is 165 Å². The van der Waals surface area contributed by atoms with Crippen molar-refractivity contribution in [3.05, 3.63) is 0 Å². The van der Waals surface area contributed by atoms with Gasteiger partial charge >= 0.3 is 52.4 Å². The first-order chi connectivity index (χ1) is 24.1. The van der Waals surface area contributed by atoms with Crippen LogP contribution in [0.15, 0.2) is 0 Å². The normalized spacial score (nSPS) is 11.4. The van der Waals surface area contributed by atoms with E-state index in [-0.39, 0.29) is 57.9 Å². The van der Waals surface area contributed by atoms with Crippen molar-refractivity contribution in [2.24, 2.45) is 0 Å². The standard InChI is InChI=1S/4C7H17N2O.3C4H9O.H2O.2Zr/c4*1-8(2)5-7(10)6-9(3)4;3*1-4(2,3)5;;;/h4*7H,5-6H2,1-4H3;3*1-3H3;1H2;;/q7*-1;;2*+4/p-1. The van der Waals surface area contributed by atoms with Gasteiger partial charge in [0.15, 0.2) is 0 Å². The number of nitrogens with zero attached hydrogens (tertiary/aromatic N) is 8. The molecule has 0 bridgehead atoms. The van der Waals surface area contributed by atoms with Crippen LogP contribution < -0.4 is 35.7 Å². The molecule has 58 heavy (non-hydrogen) atoms. The molecule has 0 aromatic rings. The number of likely N-dealkylation sites (N-methyl/N-ethyl adjacent to an activating group) is 8. The van der Waals surface area contributed by atoms with E-state index >= 15 is 0 Å². The van der Waals surface area contributed by atoms with Crippen molar-refractivity contribution < 1.29 is 93.6 Å². The number of hydrogen-bond donors (Lipinski definition) is 0. The molecule has 0 aromatic heterocycles. The molecule has 0 amide bonds. The molecule has 16 nitrogen and oxygen atoms in total. The van der Waals surface area contributed by atoms with Crippen molar-refractivity contribution in [1.29, 1.82) is 0 Å². The smallest absolute Gasteiger partial charge is 0.870 e. The van der Waals surface area contributed by atoms with E-state index in [0.717, 1.165) is 0 Å². The third-order valence-electron chi connectivity index (χ3n) is 4.55. The molecule has 0 fully saturated rings. The number of rotatable bonds is 16. The van der Waals surface area contributed by atoms with Gasteiger partial charge in [0.2, 0.25) is 0 Å². The SMILES string of the molecule is CC(C)(C)[O-].CC(C)(C)[O-].CC(C)(C)[O-].CN(C)CC([O-])CN(C)C.CN(C)CC([O-])CN(C)C.CN(C)CC([O-])CN(C)C.CN(C)CC([O-])CN(C)C.[OH-].[Zr+4].[Zr+4]. The molecular formula is C40H96N8O8Zr2. The minimum atomic E-state index is -0.750. The van der Waals surface area contributed by atoms with E-state index in [1.54, 1.807) is 62.3 Å². The summed E-state index contributed by atoms with van der Waals surface area (Å²) in [6, 6.07) is 0. The Balaban J connectivity index is -0.0000000586. The fraction of sp³-hybridized carbons (Fsp3) is 1.00. The van der Waals surface area contributed by atoms with Gasteiger partial charge in [-0.25, -0.2) is 0 Å². The van der Waals surface area contributed by atoms with Gasteiger partial charge in [0.25, 0.3) is 0 Å². The third-order valence-corrected chi connectivity index (χ3v) is 4.55. The van der Waals surface area contributed by atoms with Crippen LogP contribution in [0.2, 0.25) is 0 Å². The van der Waals surface area contributed by atoms with E-state index in [1.807, 2.05) is 152 Å². The van der Waals surface area contributed by atoms with Crippen LogP contribution in [0.3, 0.4) is 0 Å².